The van der Waals surface area contributed by atoms with Crippen LogP contribution in [-0.4, -0.2) is 30.1 Å². The Morgan fingerprint density at radius 3 is 1.56 bits per heavy atom. The van der Waals surface area contributed by atoms with E-state index in [0.29, 0.717) is 18.9 Å². The zero-order valence-corrected chi connectivity index (χ0v) is 16.5. The van der Waals surface area contributed by atoms with Crippen molar-refractivity contribution in [3.05, 3.63) is 34.9 Å². The number of rotatable bonds is 10. The summed E-state index contributed by atoms with van der Waals surface area (Å²) in [5.74, 6) is 0. The van der Waals surface area contributed by atoms with E-state index in [2.05, 4.69) is 0 Å². The minimum Gasteiger partial charge on any atom is -0.377 e. The van der Waals surface area contributed by atoms with Gasteiger partial charge in [0.15, 0.2) is 0 Å². The Bertz CT molecular complexity index is 544. The fourth-order valence-corrected chi connectivity index (χ4v) is 4.54. The topological polar surface area (TPSA) is 27.7 Å². The maximum atomic E-state index is 12.8. The van der Waals surface area contributed by atoms with E-state index >= 15 is 0 Å². The van der Waals surface area contributed by atoms with Gasteiger partial charge in [-0.1, -0.05) is 12.8 Å². The number of alkyl halides is 6. The minimum absolute atomic E-state index is 0.0338. The molecule has 0 amide bonds. The molecule has 0 saturated heterocycles. The van der Waals surface area contributed by atoms with Crippen LogP contribution in [0.4, 0.5) is 26.3 Å². The normalized spacial score (nSPS) is 13.2. The maximum absolute atomic E-state index is 12.8. The number of aryl methyl sites for hydroxylation is 1. The minimum atomic E-state index is -4.82. The third-order valence-electron chi connectivity index (χ3n) is 4.28. The van der Waals surface area contributed by atoms with Gasteiger partial charge in [0.1, 0.15) is 0 Å². The first-order valence-corrected chi connectivity index (χ1v) is 10.3. The van der Waals surface area contributed by atoms with Crippen molar-refractivity contribution in [2.75, 3.05) is 21.3 Å². The SMILES string of the molecule is CO[Si](CCCCCCc1cc(C(F)(F)F)cc(C(F)(F)F)c1)(OC)OC. The molecule has 1 aromatic rings. The van der Waals surface area contributed by atoms with Crippen molar-refractivity contribution in [1.82, 2.24) is 0 Å². The quantitative estimate of drug-likeness (QED) is 0.277. The lowest BCUT2D eigenvalue weighted by Gasteiger charge is -2.24. The Labute approximate surface area is 156 Å². The lowest BCUT2D eigenvalue weighted by atomic mass is 10.00. The molecule has 1 aromatic carbocycles. The lowest BCUT2D eigenvalue weighted by molar-refractivity contribution is -0.143. The first kappa shape index (κ1) is 23.9. The highest BCUT2D eigenvalue weighted by molar-refractivity contribution is 6.60. The van der Waals surface area contributed by atoms with E-state index in [1.807, 2.05) is 0 Å². The van der Waals surface area contributed by atoms with Gasteiger partial charge in [-0.15, -0.1) is 0 Å². The molecule has 0 N–H and O–H groups in total. The molecule has 0 heterocycles. The monoisotopic (exact) mass is 418 g/mol. The van der Waals surface area contributed by atoms with E-state index in [0.717, 1.165) is 25.0 Å². The van der Waals surface area contributed by atoms with Crippen LogP contribution in [0.25, 0.3) is 0 Å². The Kier molecular flexibility index (Phi) is 8.78. The van der Waals surface area contributed by atoms with Crippen molar-refractivity contribution < 1.29 is 39.6 Å². The molecule has 0 saturated carbocycles. The number of hydrogen-bond acceptors (Lipinski definition) is 3. The molecule has 0 aromatic heterocycles. The van der Waals surface area contributed by atoms with Crippen LogP contribution >= 0.6 is 0 Å². The molecule has 0 unspecified atom stereocenters. The molecular weight excluding hydrogens is 394 g/mol. The van der Waals surface area contributed by atoms with Crippen LogP contribution in [0, 0.1) is 0 Å². The molecule has 0 fully saturated rings. The zero-order chi connectivity index (χ0) is 20.7. The summed E-state index contributed by atoms with van der Waals surface area (Å²) in [6.45, 7) is 0. The molecule has 0 aliphatic rings. The van der Waals surface area contributed by atoms with Crippen molar-refractivity contribution in [3.8, 4) is 0 Å². The first-order valence-electron chi connectivity index (χ1n) is 8.41. The molecule has 0 aliphatic carbocycles. The van der Waals surface area contributed by atoms with Gasteiger partial charge < -0.3 is 13.3 Å². The van der Waals surface area contributed by atoms with Crippen LogP contribution in [0.3, 0.4) is 0 Å². The summed E-state index contributed by atoms with van der Waals surface area (Å²) < 4.78 is 92.9. The standard InChI is InChI=1S/C17H24F6O3Si/c1-24-27(25-2,26-3)9-7-5-4-6-8-13-10-14(16(18,19)20)12-15(11-13)17(21,22)23/h10-12H,4-9H2,1-3H3. The molecule has 0 radical (unpaired) electrons. The first-order chi connectivity index (χ1) is 12.5. The molecule has 10 heteroatoms. The van der Waals surface area contributed by atoms with Crippen LogP contribution in [0.1, 0.15) is 42.4 Å². The van der Waals surface area contributed by atoms with E-state index in [4.69, 9.17) is 13.3 Å². The lowest BCUT2D eigenvalue weighted by Crippen LogP contribution is -2.42. The average molecular weight is 418 g/mol. The van der Waals surface area contributed by atoms with Gasteiger partial charge in [0, 0.05) is 27.4 Å². The Morgan fingerprint density at radius 1 is 0.704 bits per heavy atom. The van der Waals surface area contributed by atoms with Gasteiger partial charge in [0.25, 0.3) is 0 Å². The van der Waals surface area contributed by atoms with Gasteiger partial charge in [-0.3, -0.25) is 0 Å². The van der Waals surface area contributed by atoms with Crippen molar-refractivity contribution in [2.45, 2.75) is 50.5 Å². The number of benzene rings is 1. The summed E-state index contributed by atoms with van der Waals surface area (Å²) in [6.07, 6.45) is -6.85. The van der Waals surface area contributed by atoms with Crippen molar-refractivity contribution in [3.63, 3.8) is 0 Å². The zero-order valence-electron chi connectivity index (χ0n) is 15.5. The summed E-state index contributed by atoms with van der Waals surface area (Å²) in [5, 5.41) is 0. The molecule has 156 valence electrons. The van der Waals surface area contributed by atoms with Crippen LogP contribution < -0.4 is 0 Å². The highest BCUT2D eigenvalue weighted by Gasteiger charge is 2.37. The molecule has 0 bridgehead atoms. The van der Waals surface area contributed by atoms with Gasteiger partial charge in [-0.05, 0) is 43.0 Å². The van der Waals surface area contributed by atoms with E-state index < -0.39 is 32.3 Å². The summed E-state index contributed by atoms with van der Waals surface area (Å²) in [5.41, 5.74) is -2.52. The van der Waals surface area contributed by atoms with Crippen LogP contribution in [0.15, 0.2) is 18.2 Å². The van der Waals surface area contributed by atoms with Gasteiger partial charge in [0.05, 0.1) is 11.1 Å². The predicted molar refractivity (Wildman–Crippen MR) is 90.2 cm³/mol. The Hall–Kier alpha value is -1.10. The fourth-order valence-electron chi connectivity index (χ4n) is 2.74. The molecule has 3 nitrogen and oxygen atoms in total. The van der Waals surface area contributed by atoms with Crippen molar-refractivity contribution in [1.29, 1.82) is 0 Å². The van der Waals surface area contributed by atoms with E-state index in [1.54, 1.807) is 0 Å². The van der Waals surface area contributed by atoms with E-state index in [9.17, 15) is 26.3 Å². The second-order valence-electron chi connectivity index (χ2n) is 6.12. The second-order valence-corrected chi connectivity index (χ2v) is 9.21. The number of halogens is 6. The predicted octanol–water partition coefficient (Wildman–Crippen LogP) is 5.71. The highest BCUT2D eigenvalue weighted by atomic mass is 28.4. The van der Waals surface area contributed by atoms with Gasteiger partial charge >= 0.3 is 21.2 Å². The highest BCUT2D eigenvalue weighted by Crippen LogP contribution is 2.36. The van der Waals surface area contributed by atoms with E-state index in [1.165, 1.54) is 21.3 Å². The van der Waals surface area contributed by atoms with Crippen LogP contribution in [-0.2, 0) is 32.1 Å². The molecule has 27 heavy (non-hydrogen) atoms. The van der Waals surface area contributed by atoms with Gasteiger partial charge in [0.2, 0.25) is 0 Å². The summed E-state index contributed by atoms with van der Waals surface area (Å²) in [7, 11) is 1.87. The maximum Gasteiger partial charge on any atom is 0.500 e. The van der Waals surface area contributed by atoms with Gasteiger partial charge in [-0.2, -0.15) is 26.3 Å². The third kappa shape index (κ3) is 7.44. The fraction of sp³-hybridized carbons (Fsp3) is 0.647. The summed E-state index contributed by atoms with van der Waals surface area (Å²) in [6, 6.07) is 2.31. The van der Waals surface area contributed by atoms with Crippen LogP contribution in [0.2, 0.25) is 6.04 Å². The molecule has 0 spiro atoms. The summed E-state index contributed by atoms with van der Waals surface area (Å²) >= 11 is 0. The Morgan fingerprint density at radius 2 is 1.15 bits per heavy atom. The average Bonchev–Trinajstić information content (AvgIpc) is 2.60. The smallest absolute Gasteiger partial charge is 0.377 e. The second kappa shape index (κ2) is 9.90. The third-order valence-corrected chi connectivity index (χ3v) is 7.11. The molecular formula is C17H24F6O3Si. The van der Waals surface area contributed by atoms with E-state index in [-0.39, 0.29) is 18.1 Å². The number of hydrogen-bond donors (Lipinski definition) is 0. The molecule has 0 atom stereocenters. The van der Waals surface area contributed by atoms with Crippen LogP contribution in [0.5, 0.6) is 0 Å². The molecule has 1 rings (SSSR count). The van der Waals surface area contributed by atoms with Crippen molar-refractivity contribution >= 4 is 8.80 Å². The number of unbranched alkanes of at least 4 members (excludes halogenated alkanes) is 3. The summed E-state index contributed by atoms with van der Waals surface area (Å²) in [4.78, 5) is 0. The largest absolute Gasteiger partial charge is 0.500 e. The van der Waals surface area contributed by atoms with Gasteiger partial charge in [-0.25, -0.2) is 0 Å². The van der Waals surface area contributed by atoms with Crippen molar-refractivity contribution in [2.24, 2.45) is 0 Å². The Balaban J connectivity index is 2.62. The molecule has 0 aliphatic heterocycles.